The van der Waals surface area contributed by atoms with Crippen LogP contribution < -0.4 is 4.74 Å². The molecule has 3 rings (SSSR count). The molecule has 0 radical (unpaired) electrons. The fourth-order valence-corrected chi connectivity index (χ4v) is 4.22. The predicted octanol–water partition coefficient (Wildman–Crippen LogP) is 3.68. The molecule has 1 aliphatic rings. The summed E-state index contributed by atoms with van der Waals surface area (Å²) in [4.78, 5) is 4.31. The molecule has 0 fully saturated rings. The molecule has 6 heteroatoms. The van der Waals surface area contributed by atoms with Crippen molar-refractivity contribution in [2.75, 3.05) is 0 Å². The number of hydrogen-bond acceptors (Lipinski definition) is 5. The van der Waals surface area contributed by atoms with Gasteiger partial charge >= 0.3 is 0 Å². The highest BCUT2D eigenvalue weighted by Crippen LogP contribution is 2.34. The Morgan fingerprint density at radius 3 is 2.28 bits per heavy atom. The van der Waals surface area contributed by atoms with Crippen LogP contribution in [0.15, 0.2) is 58.4 Å². The Kier molecular flexibility index (Phi) is 4.81. The maximum atomic E-state index is 12.9. The van der Waals surface area contributed by atoms with Gasteiger partial charge in [-0.2, -0.15) is 0 Å². The summed E-state index contributed by atoms with van der Waals surface area (Å²) in [7, 11) is -3.64. The van der Waals surface area contributed by atoms with Gasteiger partial charge in [0.1, 0.15) is 5.75 Å². The second kappa shape index (κ2) is 6.88. The Hall–Kier alpha value is -2.34. The Morgan fingerprint density at radius 2 is 1.68 bits per heavy atom. The highest BCUT2D eigenvalue weighted by atomic mass is 32.2. The lowest BCUT2D eigenvalue weighted by Gasteiger charge is -2.19. The minimum Gasteiger partial charge on any atom is -0.491 e. The third-order valence-corrected chi connectivity index (χ3v) is 5.86. The van der Waals surface area contributed by atoms with Crippen LogP contribution in [0.3, 0.4) is 0 Å². The molecule has 0 saturated carbocycles. The molecular weight excluding hydrogens is 338 g/mol. The standard InChI is InChI=1S/C19H21NO4S/c1-13(2)24-16-8-6-15(7-9-16)18-19(20-12-23-18)25(21,22)17-10-4-14(3)5-11-17/h4-13,18-19H,1-3H3. The average molecular weight is 359 g/mol. The number of hydrogen-bond donors (Lipinski definition) is 0. The number of rotatable bonds is 5. The fourth-order valence-electron chi connectivity index (χ4n) is 2.67. The summed E-state index contributed by atoms with van der Waals surface area (Å²) in [5.41, 5.74) is 1.75. The summed E-state index contributed by atoms with van der Waals surface area (Å²) in [5.74, 6) is 0.732. The minimum absolute atomic E-state index is 0.0755. The van der Waals surface area contributed by atoms with Gasteiger partial charge < -0.3 is 9.47 Å². The maximum absolute atomic E-state index is 12.9. The number of aliphatic imine (C=N–C) groups is 1. The monoisotopic (exact) mass is 359 g/mol. The molecule has 0 aromatic heterocycles. The lowest BCUT2D eigenvalue weighted by Crippen LogP contribution is -2.24. The van der Waals surface area contributed by atoms with E-state index in [2.05, 4.69) is 4.99 Å². The van der Waals surface area contributed by atoms with Crippen molar-refractivity contribution < 1.29 is 17.9 Å². The minimum atomic E-state index is -3.64. The summed E-state index contributed by atoms with van der Waals surface area (Å²) in [6.07, 6.45) is 0.630. The van der Waals surface area contributed by atoms with Gasteiger partial charge in [0.25, 0.3) is 0 Å². The van der Waals surface area contributed by atoms with Gasteiger partial charge in [-0.3, -0.25) is 0 Å². The van der Waals surface area contributed by atoms with E-state index in [0.717, 1.165) is 16.9 Å². The largest absolute Gasteiger partial charge is 0.491 e. The molecule has 0 N–H and O–H groups in total. The summed E-state index contributed by atoms with van der Waals surface area (Å²) >= 11 is 0. The van der Waals surface area contributed by atoms with Crippen LogP contribution in [0.1, 0.15) is 31.1 Å². The van der Waals surface area contributed by atoms with Crippen molar-refractivity contribution in [2.24, 2.45) is 4.99 Å². The third kappa shape index (κ3) is 3.69. The molecule has 1 heterocycles. The molecule has 2 atom stereocenters. The van der Waals surface area contributed by atoms with Crippen molar-refractivity contribution in [3.63, 3.8) is 0 Å². The van der Waals surface area contributed by atoms with Gasteiger partial charge in [-0.1, -0.05) is 29.8 Å². The van der Waals surface area contributed by atoms with Gasteiger partial charge in [0.05, 0.1) is 11.0 Å². The number of nitrogens with zero attached hydrogens (tertiary/aromatic N) is 1. The van der Waals surface area contributed by atoms with E-state index < -0.39 is 21.3 Å². The van der Waals surface area contributed by atoms with Crippen molar-refractivity contribution >= 4 is 16.2 Å². The molecule has 2 aromatic carbocycles. The van der Waals surface area contributed by atoms with Gasteiger partial charge in [-0.05, 0) is 50.6 Å². The summed E-state index contributed by atoms with van der Waals surface area (Å²) < 4.78 is 37.0. The van der Waals surface area contributed by atoms with Gasteiger partial charge in [0, 0.05) is 0 Å². The van der Waals surface area contributed by atoms with Crippen LogP contribution in [-0.2, 0) is 14.6 Å². The topological polar surface area (TPSA) is 65.0 Å². The maximum Gasteiger partial charge on any atom is 0.205 e. The Balaban J connectivity index is 1.87. The lowest BCUT2D eigenvalue weighted by atomic mass is 10.1. The second-order valence-electron chi connectivity index (χ2n) is 6.30. The predicted molar refractivity (Wildman–Crippen MR) is 96.7 cm³/mol. The highest BCUT2D eigenvalue weighted by Gasteiger charge is 2.39. The first-order valence-electron chi connectivity index (χ1n) is 8.12. The Bertz CT molecular complexity index is 855. The number of benzene rings is 2. The number of ether oxygens (including phenoxy) is 2. The van der Waals surface area contributed by atoms with Crippen LogP contribution in [0.5, 0.6) is 5.75 Å². The molecule has 1 aliphatic heterocycles. The van der Waals surface area contributed by atoms with E-state index in [4.69, 9.17) is 9.47 Å². The van der Waals surface area contributed by atoms with Crippen LogP contribution in [0, 0.1) is 6.92 Å². The van der Waals surface area contributed by atoms with E-state index in [1.54, 1.807) is 24.3 Å². The van der Waals surface area contributed by atoms with Crippen molar-refractivity contribution in [1.29, 1.82) is 0 Å². The van der Waals surface area contributed by atoms with Crippen LogP contribution in [0.4, 0.5) is 0 Å². The van der Waals surface area contributed by atoms with Crippen molar-refractivity contribution in [3.05, 3.63) is 59.7 Å². The van der Waals surface area contributed by atoms with E-state index in [0.29, 0.717) is 0 Å². The molecule has 132 valence electrons. The Morgan fingerprint density at radius 1 is 1.04 bits per heavy atom. The van der Waals surface area contributed by atoms with Gasteiger partial charge in [0.2, 0.25) is 9.84 Å². The third-order valence-electron chi connectivity index (χ3n) is 3.92. The molecule has 2 unspecified atom stereocenters. The molecule has 0 bridgehead atoms. The first kappa shape index (κ1) is 17.5. The van der Waals surface area contributed by atoms with Crippen LogP contribution >= 0.6 is 0 Å². The average Bonchev–Trinajstić information content (AvgIpc) is 3.06. The van der Waals surface area contributed by atoms with Crippen molar-refractivity contribution in [1.82, 2.24) is 0 Å². The normalized spacial score (nSPS) is 19.8. The fraction of sp³-hybridized carbons (Fsp3) is 0.316. The molecule has 0 aliphatic carbocycles. The molecule has 0 spiro atoms. The van der Waals surface area contributed by atoms with E-state index >= 15 is 0 Å². The number of sulfone groups is 1. The lowest BCUT2D eigenvalue weighted by molar-refractivity contribution is 0.226. The Labute approximate surface area is 148 Å². The number of aryl methyl sites for hydroxylation is 1. The highest BCUT2D eigenvalue weighted by molar-refractivity contribution is 7.92. The zero-order chi connectivity index (χ0) is 18.0. The van der Waals surface area contributed by atoms with E-state index in [1.165, 1.54) is 6.40 Å². The summed E-state index contributed by atoms with van der Waals surface area (Å²) in [5, 5.41) is -0.993. The zero-order valence-electron chi connectivity index (χ0n) is 14.4. The zero-order valence-corrected chi connectivity index (χ0v) is 15.2. The smallest absolute Gasteiger partial charge is 0.205 e. The van der Waals surface area contributed by atoms with Gasteiger partial charge in [0.15, 0.2) is 17.9 Å². The molecule has 25 heavy (non-hydrogen) atoms. The van der Waals surface area contributed by atoms with Crippen LogP contribution in [0.2, 0.25) is 0 Å². The second-order valence-corrected chi connectivity index (χ2v) is 8.34. The first-order chi connectivity index (χ1) is 11.9. The van der Waals surface area contributed by atoms with E-state index in [1.807, 2.05) is 45.0 Å². The van der Waals surface area contributed by atoms with Crippen molar-refractivity contribution in [3.8, 4) is 5.75 Å². The van der Waals surface area contributed by atoms with Crippen LogP contribution in [-0.4, -0.2) is 26.3 Å². The van der Waals surface area contributed by atoms with Crippen LogP contribution in [0.25, 0.3) is 0 Å². The molecule has 0 amide bonds. The molecular formula is C19H21NO4S. The van der Waals surface area contributed by atoms with Gasteiger partial charge in [-0.15, -0.1) is 0 Å². The molecule has 0 saturated heterocycles. The van der Waals surface area contributed by atoms with Crippen molar-refractivity contribution in [2.45, 2.75) is 43.2 Å². The van der Waals surface area contributed by atoms with E-state index in [9.17, 15) is 8.42 Å². The summed E-state index contributed by atoms with van der Waals surface area (Å²) in [6, 6.07) is 14.0. The van der Waals surface area contributed by atoms with Gasteiger partial charge in [-0.25, -0.2) is 13.4 Å². The molecule has 5 nitrogen and oxygen atoms in total. The SMILES string of the molecule is Cc1ccc(S(=O)(=O)C2N=COC2c2ccc(OC(C)C)cc2)cc1. The first-order valence-corrected chi connectivity index (χ1v) is 9.67. The quantitative estimate of drug-likeness (QED) is 0.817. The molecule has 2 aromatic rings. The summed E-state index contributed by atoms with van der Waals surface area (Å²) in [6.45, 7) is 5.81. The van der Waals surface area contributed by atoms with E-state index in [-0.39, 0.29) is 11.0 Å².